The molecule has 1 fully saturated rings. The number of nitrogens with zero attached hydrogens (tertiary/aromatic N) is 1. The fourth-order valence-corrected chi connectivity index (χ4v) is 3.83. The van der Waals surface area contributed by atoms with Gasteiger partial charge in [-0.15, -0.1) is 0 Å². The Hall–Kier alpha value is -2.93. The van der Waals surface area contributed by atoms with E-state index in [9.17, 15) is 9.59 Å². The predicted molar refractivity (Wildman–Crippen MR) is 109 cm³/mol. The number of pyridine rings is 1. The summed E-state index contributed by atoms with van der Waals surface area (Å²) < 4.78 is 11.2. The van der Waals surface area contributed by atoms with Crippen molar-refractivity contribution in [3.8, 4) is 17.0 Å². The Morgan fingerprint density at radius 3 is 2.83 bits per heavy atom. The molecule has 2 aromatic rings. The van der Waals surface area contributed by atoms with E-state index in [-0.39, 0.29) is 11.8 Å². The Morgan fingerprint density at radius 2 is 2.03 bits per heavy atom. The molecule has 29 heavy (non-hydrogen) atoms. The Morgan fingerprint density at radius 1 is 1.21 bits per heavy atom. The van der Waals surface area contributed by atoms with E-state index in [1.54, 1.807) is 6.20 Å². The first-order valence-corrected chi connectivity index (χ1v) is 9.98. The average Bonchev–Trinajstić information content (AvgIpc) is 3.17. The molecule has 7 heteroatoms. The van der Waals surface area contributed by atoms with Crippen LogP contribution in [0.2, 0.25) is 0 Å². The molecule has 1 unspecified atom stereocenters. The monoisotopic (exact) mass is 395 g/mol. The SMILES string of the molecule is CC(=O)Nc1cccc(-c2ccnc3c2CC(C(=O)NCC2CCOCC2)O3)c1. The van der Waals surface area contributed by atoms with Gasteiger partial charge in [-0.3, -0.25) is 9.59 Å². The summed E-state index contributed by atoms with van der Waals surface area (Å²) in [6.07, 6.45) is 3.53. The third-order valence-corrected chi connectivity index (χ3v) is 5.35. The summed E-state index contributed by atoms with van der Waals surface area (Å²) in [7, 11) is 0. The highest BCUT2D eigenvalue weighted by Gasteiger charge is 2.32. The number of nitrogens with one attached hydrogen (secondary N) is 2. The zero-order valence-corrected chi connectivity index (χ0v) is 16.4. The molecule has 0 saturated carbocycles. The first-order chi connectivity index (χ1) is 14.1. The Bertz CT molecular complexity index is 909. The van der Waals surface area contributed by atoms with Crippen molar-refractivity contribution < 1.29 is 19.1 Å². The lowest BCUT2D eigenvalue weighted by molar-refractivity contribution is -0.127. The van der Waals surface area contributed by atoms with Gasteiger partial charge in [0.25, 0.3) is 5.91 Å². The number of hydrogen-bond acceptors (Lipinski definition) is 5. The van der Waals surface area contributed by atoms with E-state index in [0.717, 1.165) is 48.4 Å². The molecule has 2 amide bonds. The molecule has 2 aliphatic rings. The van der Waals surface area contributed by atoms with Crippen molar-refractivity contribution in [2.45, 2.75) is 32.3 Å². The summed E-state index contributed by atoms with van der Waals surface area (Å²) >= 11 is 0. The van der Waals surface area contributed by atoms with Crippen LogP contribution in [0.25, 0.3) is 11.1 Å². The number of aromatic nitrogens is 1. The van der Waals surface area contributed by atoms with Gasteiger partial charge in [0.05, 0.1) is 0 Å². The van der Waals surface area contributed by atoms with E-state index in [2.05, 4.69) is 15.6 Å². The smallest absolute Gasteiger partial charge is 0.261 e. The van der Waals surface area contributed by atoms with Crippen molar-refractivity contribution >= 4 is 17.5 Å². The molecule has 2 N–H and O–H groups in total. The maximum absolute atomic E-state index is 12.6. The third kappa shape index (κ3) is 4.56. The molecule has 1 aromatic heterocycles. The Labute approximate surface area is 169 Å². The summed E-state index contributed by atoms with van der Waals surface area (Å²) in [5, 5.41) is 5.82. The minimum Gasteiger partial charge on any atom is -0.464 e. The fourth-order valence-electron chi connectivity index (χ4n) is 3.83. The zero-order valence-electron chi connectivity index (χ0n) is 16.4. The number of benzene rings is 1. The van der Waals surface area contributed by atoms with Gasteiger partial charge in [0.15, 0.2) is 6.10 Å². The molecule has 4 rings (SSSR count). The van der Waals surface area contributed by atoms with E-state index in [1.807, 2.05) is 30.3 Å². The van der Waals surface area contributed by atoms with Crippen LogP contribution in [-0.2, 0) is 20.7 Å². The number of carbonyl (C=O) groups is 2. The number of fused-ring (bicyclic) bond motifs is 1. The highest BCUT2D eigenvalue weighted by atomic mass is 16.5. The van der Waals surface area contributed by atoms with Gasteiger partial charge in [-0.25, -0.2) is 4.98 Å². The van der Waals surface area contributed by atoms with E-state index in [1.165, 1.54) is 6.92 Å². The van der Waals surface area contributed by atoms with Crippen LogP contribution < -0.4 is 15.4 Å². The van der Waals surface area contributed by atoms with Crippen molar-refractivity contribution in [1.82, 2.24) is 10.3 Å². The second-order valence-corrected chi connectivity index (χ2v) is 7.52. The van der Waals surface area contributed by atoms with Crippen LogP contribution in [0, 0.1) is 5.92 Å². The van der Waals surface area contributed by atoms with Crippen LogP contribution in [-0.4, -0.2) is 42.7 Å². The molecule has 0 bridgehead atoms. The molecule has 7 nitrogen and oxygen atoms in total. The first kappa shape index (κ1) is 19.4. The zero-order chi connectivity index (χ0) is 20.2. The van der Waals surface area contributed by atoms with Crippen LogP contribution in [0.15, 0.2) is 36.5 Å². The fraction of sp³-hybridized carbons (Fsp3) is 0.409. The molecule has 0 spiro atoms. The van der Waals surface area contributed by atoms with E-state index >= 15 is 0 Å². The van der Waals surface area contributed by atoms with Crippen molar-refractivity contribution in [3.05, 3.63) is 42.1 Å². The number of ether oxygens (including phenoxy) is 2. The Balaban J connectivity index is 1.46. The summed E-state index contributed by atoms with van der Waals surface area (Å²) in [6.45, 7) is 3.65. The summed E-state index contributed by atoms with van der Waals surface area (Å²) in [4.78, 5) is 28.3. The van der Waals surface area contributed by atoms with Crippen LogP contribution in [0.1, 0.15) is 25.3 Å². The average molecular weight is 395 g/mol. The number of anilines is 1. The van der Waals surface area contributed by atoms with Crippen LogP contribution in [0.4, 0.5) is 5.69 Å². The summed E-state index contributed by atoms with van der Waals surface area (Å²) in [5.41, 5.74) is 3.55. The molecule has 0 radical (unpaired) electrons. The van der Waals surface area contributed by atoms with Crippen molar-refractivity contribution in [3.63, 3.8) is 0 Å². The van der Waals surface area contributed by atoms with Crippen LogP contribution in [0.5, 0.6) is 5.88 Å². The third-order valence-electron chi connectivity index (χ3n) is 5.35. The van der Waals surface area contributed by atoms with Crippen molar-refractivity contribution in [2.24, 2.45) is 5.92 Å². The lowest BCUT2D eigenvalue weighted by Crippen LogP contribution is -2.40. The summed E-state index contributed by atoms with van der Waals surface area (Å²) in [5.74, 6) is 0.736. The highest BCUT2D eigenvalue weighted by molar-refractivity contribution is 5.90. The van der Waals surface area contributed by atoms with E-state index in [0.29, 0.717) is 24.8 Å². The van der Waals surface area contributed by atoms with Crippen LogP contribution in [0.3, 0.4) is 0 Å². The topological polar surface area (TPSA) is 89.6 Å². The molecule has 1 atom stereocenters. The molecular formula is C22H25N3O4. The van der Waals surface area contributed by atoms with Gasteiger partial charge in [-0.05, 0) is 48.1 Å². The summed E-state index contributed by atoms with van der Waals surface area (Å²) in [6, 6.07) is 9.53. The quantitative estimate of drug-likeness (QED) is 0.812. The van der Waals surface area contributed by atoms with Gasteiger partial charge in [0.1, 0.15) is 0 Å². The van der Waals surface area contributed by atoms with Gasteiger partial charge in [0, 0.05) is 50.6 Å². The Kier molecular flexibility index (Phi) is 5.76. The van der Waals surface area contributed by atoms with Gasteiger partial charge >= 0.3 is 0 Å². The second-order valence-electron chi connectivity index (χ2n) is 7.52. The molecule has 3 heterocycles. The minimum absolute atomic E-state index is 0.104. The maximum atomic E-state index is 12.6. The first-order valence-electron chi connectivity index (χ1n) is 9.98. The molecule has 0 aliphatic carbocycles. The predicted octanol–water partition coefficient (Wildman–Crippen LogP) is 2.55. The number of rotatable bonds is 5. The second kappa shape index (κ2) is 8.61. The minimum atomic E-state index is -0.572. The van der Waals surface area contributed by atoms with Gasteiger partial charge in [-0.1, -0.05) is 12.1 Å². The molecule has 152 valence electrons. The highest BCUT2D eigenvalue weighted by Crippen LogP contribution is 2.36. The maximum Gasteiger partial charge on any atom is 0.261 e. The number of carbonyl (C=O) groups excluding carboxylic acids is 2. The van der Waals surface area contributed by atoms with Gasteiger partial charge < -0.3 is 20.1 Å². The molecular weight excluding hydrogens is 370 g/mol. The largest absolute Gasteiger partial charge is 0.464 e. The van der Waals surface area contributed by atoms with Crippen molar-refractivity contribution in [2.75, 3.05) is 25.1 Å². The normalized spacial score (nSPS) is 18.6. The van der Waals surface area contributed by atoms with E-state index < -0.39 is 6.10 Å². The van der Waals surface area contributed by atoms with Crippen molar-refractivity contribution in [1.29, 1.82) is 0 Å². The standard InChI is InChI=1S/C22H25N3O4/c1-14(26)25-17-4-2-3-16(11-17)18-5-8-23-22-19(18)12-20(29-22)21(27)24-13-15-6-9-28-10-7-15/h2-5,8,11,15,20H,6-7,9-10,12-13H2,1H3,(H,24,27)(H,25,26). The lowest BCUT2D eigenvalue weighted by atomic mass is 9.98. The molecule has 1 saturated heterocycles. The van der Waals surface area contributed by atoms with Crippen LogP contribution >= 0.6 is 0 Å². The van der Waals surface area contributed by atoms with Gasteiger partial charge in [0.2, 0.25) is 11.8 Å². The number of amides is 2. The van der Waals surface area contributed by atoms with Gasteiger partial charge in [-0.2, -0.15) is 0 Å². The number of hydrogen-bond donors (Lipinski definition) is 2. The van der Waals surface area contributed by atoms with E-state index in [4.69, 9.17) is 9.47 Å². The lowest BCUT2D eigenvalue weighted by Gasteiger charge is -2.22. The molecule has 1 aromatic carbocycles. The molecule has 2 aliphatic heterocycles.